The lowest BCUT2D eigenvalue weighted by Gasteiger charge is -2.11. The van der Waals surface area contributed by atoms with E-state index < -0.39 is 0 Å². The highest BCUT2D eigenvalue weighted by Gasteiger charge is 2.10. The van der Waals surface area contributed by atoms with E-state index in [4.69, 9.17) is 0 Å². The lowest BCUT2D eigenvalue weighted by molar-refractivity contribution is 1.45. The third-order valence-corrected chi connectivity index (χ3v) is 3.89. The molecule has 0 saturated carbocycles. The molecule has 0 unspecified atom stereocenters. The lowest BCUT2D eigenvalue weighted by Crippen LogP contribution is -1.86. The van der Waals surface area contributed by atoms with Crippen molar-refractivity contribution < 1.29 is 0 Å². The summed E-state index contributed by atoms with van der Waals surface area (Å²) in [6, 6.07) is 19.7. The van der Waals surface area contributed by atoms with Crippen LogP contribution in [-0.2, 0) is 0 Å². The van der Waals surface area contributed by atoms with Gasteiger partial charge in [0.15, 0.2) is 0 Å². The number of fused-ring (bicyclic) bond motifs is 3. The fourth-order valence-electron chi connectivity index (χ4n) is 2.97. The van der Waals surface area contributed by atoms with E-state index in [-0.39, 0.29) is 0 Å². The molecule has 0 nitrogen and oxygen atoms in total. The molecular weight excluding hydrogens is 228 g/mol. The Hall–Kier alpha value is -2.34. The zero-order valence-corrected chi connectivity index (χ0v) is 10.6. The van der Waals surface area contributed by atoms with E-state index >= 15 is 0 Å². The van der Waals surface area contributed by atoms with Gasteiger partial charge in [0.25, 0.3) is 0 Å². The van der Waals surface area contributed by atoms with Crippen molar-refractivity contribution in [1.29, 1.82) is 0 Å². The second-order valence-electron chi connectivity index (χ2n) is 5.02. The van der Waals surface area contributed by atoms with Crippen molar-refractivity contribution in [2.24, 2.45) is 0 Å². The first-order valence-electron chi connectivity index (χ1n) is 6.70. The zero-order chi connectivity index (χ0) is 12.7. The van der Waals surface area contributed by atoms with Crippen LogP contribution in [0.15, 0.2) is 72.8 Å². The largest absolute Gasteiger partial charge is 0.0801 e. The van der Waals surface area contributed by atoms with Crippen LogP contribution in [0.2, 0.25) is 0 Å². The Bertz CT molecular complexity index is 835. The van der Waals surface area contributed by atoms with Gasteiger partial charge in [-0.1, -0.05) is 66.8 Å². The molecule has 90 valence electrons. The van der Waals surface area contributed by atoms with Crippen LogP contribution in [0.5, 0.6) is 0 Å². The number of hydrogen-bond donors (Lipinski definition) is 0. The molecule has 0 heteroatoms. The molecule has 1 aliphatic carbocycles. The summed E-state index contributed by atoms with van der Waals surface area (Å²) >= 11 is 0. The van der Waals surface area contributed by atoms with Crippen molar-refractivity contribution in [1.82, 2.24) is 0 Å². The molecule has 0 aliphatic heterocycles. The minimum absolute atomic E-state index is 1.04. The highest BCUT2D eigenvalue weighted by atomic mass is 14.1. The van der Waals surface area contributed by atoms with Crippen molar-refractivity contribution in [2.75, 3.05) is 0 Å². The Morgan fingerprint density at radius 2 is 1.47 bits per heavy atom. The molecule has 0 amide bonds. The second-order valence-corrected chi connectivity index (χ2v) is 5.02. The van der Waals surface area contributed by atoms with Crippen molar-refractivity contribution in [3.8, 4) is 0 Å². The third-order valence-electron chi connectivity index (χ3n) is 3.89. The Kier molecular flexibility index (Phi) is 2.28. The molecular formula is C19H14. The van der Waals surface area contributed by atoms with Crippen LogP contribution in [0.4, 0.5) is 0 Å². The number of hydrogen-bond acceptors (Lipinski definition) is 0. The Morgan fingerprint density at radius 3 is 2.26 bits per heavy atom. The first kappa shape index (κ1) is 10.6. The van der Waals surface area contributed by atoms with Crippen molar-refractivity contribution in [2.45, 2.75) is 6.42 Å². The minimum atomic E-state index is 1.04. The SMILES string of the molecule is C1=CCC(c2cc3ccccc3c3ccccc23)=C1. The molecule has 3 aromatic rings. The average Bonchev–Trinajstić information content (AvgIpc) is 3.00. The summed E-state index contributed by atoms with van der Waals surface area (Å²) in [5, 5.41) is 5.37. The second kappa shape index (κ2) is 4.10. The molecule has 0 aromatic heterocycles. The highest BCUT2D eigenvalue weighted by molar-refractivity contribution is 6.12. The van der Waals surface area contributed by atoms with Gasteiger partial charge in [-0.3, -0.25) is 0 Å². The molecule has 0 bridgehead atoms. The summed E-state index contributed by atoms with van der Waals surface area (Å²) in [7, 11) is 0. The normalized spacial score (nSPS) is 14.2. The van der Waals surface area contributed by atoms with Crippen molar-refractivity contribution in [3.63, 3.8) is 0 Å². The Balaban J connectivity index is 2.16. The fourth-order valence-corrected chi connectivity index (χ4v) is 2.97. The zero-order valence-electron chi connectivity index (χ0n) is 10.6. The lowest BCUT2D eigenvalue weighted by atomic mass is 9.93. The maximum atomic E-state index is 2.33. The molecule has 0 heterocycles. The average molecular weight is 242 g/mol. The van der Waals surface area contributed by atoms with Gasteiger partial charge in [-0.25, -0.2) is 0 Å². The van der Waals surface area contributed by atoms with Gasteiger partial charge in [-0.15, -0.1) is 0 Å². The summed E-state index contributed by atoms with van der Waals surface area (Å²) in [4.78, 5) is 0. The van der Waals surface area contributed by atoms with E-state index in [1.54, 1.807) is 0 Å². The van der Waals surface area contributed by atoms with Crippen LogP contribution in [0.3, 0.4) is 0 Å². The molecule has 4 rings (SSSR count). The van der Waals surface area contributed by atoms with Crippen LogP contribution in [0, 0.1) is 0 Å². The highest BCUT2D eigenvalue weighted by Crippen LogP contribution is 2.34. The molecule has 0 fully saturated rings. The summed E-state index contributed by atoms with van der Waals surface area (Å²) in [6.07, 6.45) is 7.65. The van der Waals surface area contributed by atoms with Gasteiger partial charge < -0.3 is 0 Å². The molecule has 0 radical (unpaired) electrons. The van der Waals surface area contributed by atoms with Crippen molar-refractivity contribution in [3.05, 3.63) is 78.4 Å². The Labute approximate surface area is 112 Å². The fraction of sp³-hybridized carbons (Fsp3) is 0.0526. The van der Waals surface area contributed by atoms with Crippen molar-refractivity contribution >= 4 is 27.1 Å². The molecule has 19 heavy (non-hydrogen) atoms. The topological polar surface area (TPSA) is 0 Å². The van der Waals surface area contributed by atoms with Gasteiger partial charge >= 0.3 is 0 Å². The summed E-state index contributed by atoms with van der Waals surface area (Å²) in [6.45, 7) is 0. The summed E-state index contributed by atoms with van der Waals surface area (Å²) in [5.41, 5.74) is 2.79. The molecule has 0 saturated heterocycles. The van der Waals surface area contributed by atoms with Crippen LogP contribution in [-0.4, -0.2) is 0 Å². The Morgan fingerprint density at radius 1 is 0.737 bits per heavy atom. The van der Waals surface area contributed by atoms with Crippen LogP contribution >= 0.6 is 0 Å². The smallest absolute Gasteiger partial charge is 0.00882 e. The van der Waals surface area contributed by atoms with Gasteiger partial charge in [0.2, 0.25) is 0 Å². The van der Waals surface area contributed by atoms with Gasteiger partial charge in [0.05, 0.1) is 0 Å². The van der Waals surface area contributed by atoms with E-state index in [1.807, 2.05) is 0 Å². The quantitative estimate of drug-likeness (QED) is 0.505. The standard InChI is InChI=1S/C19H14/c1-2-8-14(7-1)19-13-15-9-3-4-10-16(15)17-11-5-6-12-18(17)19/h1-7,9-13H,8H2. The van der Waals surface area contributed by atoms with E-state index in [9.17, 15) is 0 Å². The maximum absolute atomic E-state index is 2.33. The van der Waals surface area contributed by atoms with Crippen LogP contribution < -0.4 is 0 Å². The monoisotopic (exact) mass is 242 g/mol. The number of benzene rings is 3. The molecule has 1 aliphatic rings. The van der Waals surface area contributed by atoms with Gasteiger partial charge in [-0.2, -0.15) is 0 Å². The maximum Gasteiger partial charge on any atom is -0.00882 e. The van der Waals surface area contributed by atoms with E-state index in [0.29, 0.717) is 0 Å². The predicted octanol–water partition coefficient (Wildman–Crippen LogP) is 5.34. The van der Waals surface area contributed by atoms with Crippen LogP contribution in [0.1, 0.15) is 12.0 Å². The third kappa shape index (κ3) is 1.61. The molecule has 0 atom stereocenters. The van der Waals surface area contributed by atoms with Crippen LogP contribution in [0.25, 0.3) is 27.1 Å². The van der Waals surface area contributed by atoms with Gasteiger partial charge in [0, 0.05) is 0 Å². The number of allylic oxidation sites excluding steroid dienone is 4. The summed E-state index contributed by atoms with van der Waals surface area (Å²) in [5.74, 6) is 0. The number of rotatable bonds is 1. The van der Waals surface area contributed by atoms with Gasteiger partial charge in [-0.05, 0) is 45.2 Å². The van der Waals surface area contributed by atoms with E-state index in [0.717, 1.165) is 6.42 Å². The molecule has 3 aromatic carbocycles. The first-order valence-corrected chi connectivity index (χ1v) is 6.70. The van der Waals surface area contributed by atoms with Gasteiger partial charge in [0.1, 0.15) is 0 Å². The first-order chi connectivity index (χ1) is 9.43. The minimum Gasteiger partial charge on any atom is -0.0801 e. The summed E-state index contributed by atoms with van der Waals surface area (Å²) < 4.78 is 0. The molecule has 0 spiro atoms. The van der Waals surface area contributed by atoms with E-state index in [1.165, 1.54) is 32.7 Å². The predicted molar refractivity (Wildman–Crippen MR) is 83.2 cm³/mol. The molecule has 0 N–H and O–H groups in total. The van der Waals surface area contributed by atoms with E-state index in [2.05, 4.69) is 72.8 Å².